The molecule has 126 valence electrons. The molecular formula is C17H22N6O. The summed E-state index contributed by atoms with van der Waals surface area (Å²) in [7, 11) is 0. The minimum atomic E-state index is -0.129. The Morgan fingerprint density at radius 2 is 2.00 bits per heavy atom. The van der Waals surface area contributed by atoms with Gasteiger partial charge in [-0.25, -0.2) is 15.0 Å². The van der Waals surface area contributed by atoms with E-state index < -0.39 is 0 Å². The fraction of sp³-hybridized carbons (Fsp3) is 0.529. The molecule has 2 aliphatic heterocycles. The zero-order valence-corrected chi connectivity index (χ0v) is 13.7. The molecule has 2 aliphatic rings. The van der Waals surface area contributed by atoms with Crippen molar-refractivity contribution < 1.29 is 4.79 Å². The van der Waals surface area contributed by atoms with Crippen LogP contribution in [-0.4, -0.2) is 43.4 Å². The highest BCUT2D eigenvalue weighted by Crippen LogP contribution is 2.29. The maximum Gasteiger partial charge on any atom is 0.276 e. The monoisotopic (exact) mass is 326 g/mol. The van der Waals surface area contributed by atoms with Gasteiger partial charge in [0.1, 0.15) is 5.82 Å². The second-order valence-electron chi connectivity index (χ2n) is 6.60. The van der Waals surface area contributed by atoms with Crippen LogP contribution in [-0.2, 0) is 13.0 Å². The maximum absolute atomic E-state index is 12.7. The third kappa shape index (κ3) is 2.64. The summed E-state index contributed by atoms with van der Waals surface area (Å²) in [6.07, 6.45) is 10.6. The number of rotatable bonds is 2. The first-order chi connectivity index (χ1) is 11.7. The van der Waals surface area contributed by atoms with E-state index in [1.54, 1.807) is 0 Å². The van der Waals surface area contributed by atoms with Crippen molar-refractivity contribution in [3.8, 4) is 0 Å². The smallest absolute Gasteiger partial charge is 0.276 e. The van der Waals surface area contributed by atoms with Gasteiger partial charge < -0.3 is 15.2 Å². The summed E-state index contributed by atoms with van der Waals surface area (Å²) in [4.78, 5) is 27.3. The molecule has 1 fully saturated rings. The van der Waals surface area contributed by atoms with E-state index >= 15 is 0 Å². The highest BCUT2D eigenvalue weighted by Gasteiger charge is 2.30. The van der Waals surface area contributed by atoms with Crippen LogP contribution >= 0.6 is 0 Å². The Bertz CT molecular complexity index is 755. The van der Waals surface area contributed by atoms with Crippen molar-refractivity contribution >= 4 is 11.7 Å². The van der Waals surface area contributed by atoms with Crippen molar-refractivity contribution in [2.24, 2.45) is 0 Å². The molecule has 24 heavy (non-hydrogen) atoms. The predicted molar refractivity (Wildman–Crippen MR) is 89.5 cm³/mol. The Labute approximate surface area is 140 Å². The maximum atomic E-state index is 12.7. The summed E-state index contributed by atoms with van der Waals surface area (Å²) in [5, 5.41) is 0. The quantitative estimate of drug-likeness (QED) is 0.905. The zero-order valence-electron chi connectivity index (χ0n) is 13.7. The Morgan fingerprint density at radius 1 is 1.12 bits per heavy atom. The van der Waals surface area contributed by atoms with Crippen molar-refractivity contribution in [2.45, 2.75) is 44.6 Å². The summed E-state index contributed by atoms with van der Waals surface area (Å²) < 4.78 is 2.36. The van der Waals surface area contributed by atoms with Gasteiger partial charge >= 0.3 is 0 Å². The third-order valence-electron chi connectivity index (χ3n) is 5.04. The average molecular weight is 326 g/mol. The summed E-state index contributed by atoms with van der Waals surface area (Å²) in [5.41, 5.74) is 7.40. The minimum Gasteiger partial charge on any atom is -0.382 e. The standard InChI is InChI=1S/C17H22N6O/c18-15-14(19-6-7-20-15)17(24)22-8-3-4-12(11-22)16-21-10-13-5-1-2-9-23(13)16/h6-7,10,12H,1-5,8-9,11H2,(H2,18,20). The van der Waals surface area contributed by atoms with Gasteiger partial charge in [-0.15, -0.1) is 0 Å². The van der Waals surface area contributed by atoms with Crippen LogP contribution in [0.2, 0.25) is 0 Å². The highest BCUT2D eigenvalue weighted by atomic mass is 16.2. The van der Waals surface area contributed by atoms with E-state index in [4.69, 9.17) is 5.73 Å². The number of aryl methyl sites for hydroxylation is 1. The van der Waals surface area contributed by atoms with E-state index in [1.165, 1.54) is 30.9 Å². The van der Waals surface area contributed by atoms with Gasteiger partial charge in [0, 0.05) is 49.8 Å². The number of imidazole rings is 1. The normalized spacial score (nSPS) is 20.7. The SMILES string of the molecule is Nc1nccnc1C(=O)N1CCCC(c2ncc3n2CCCC3)C1. The highest BCUT2D eigenvalue weighted by molar-refractivity contribution is 5.96. The molecule has 1 atom stereocenters. The number of hydrogen-bond donors (Lipinski definition) is 1. The van der Waals surface area contributed by atoms with E-state index in [0.29, 0.717) is 6.54 Å². The van der Waals surface area contributed by atoms with Gasteiger partial charge in [0.2, 0.25) is 0 Å². The van der Waals surface area contributed by atoms with Crippen LogP contribution in [0.3, 0.4) is 0 Å². The lowest BCUT2D eigenvalue weighted by Crippen LogP contribution is -2.40. The van der Waals surface area contributed by atoms with Crippen molar-refractivity contribution in [3.63, 3.8) is 0 Å². The number of nitrogens with two attached hydrogens (primary N) is 1. The molecule has 0 aromatic carbocycles. The third-order valence-corrected chi connectivity index (χ3v) is 5.04. The average Bonchev–Trinajstić information content (AvgIpc) is 3.06. The number of nitrogen functional groups attached to an aromatic ring is 1. The molecule has 0 saturated carbocycles. The van der Waals surface area contributed by atoms with E-state index in [1.807, 2.05) is 11.1 Å². The molecule has 0 radical (unpaired) electrons. The number of amides is 1. The van der Waals surface area contributed by atoms with Gasteiger partial charge in [-0.3, -0.25) is 4.79 Å². The van der Waals surface area contributed by atoms with Crippen molar-refractivity contribution in [1.82, 2.24) is 24.4 Å². The minimum absolute atomic E-state index is 0.129. The molecular weight excluding hydrogens is 304 g/mol. The molecule has 4 heterocycles. The lowest BCUT2D eigenvalue weighted by atomic mass is 9.96. The molecule has 0 bridgehead atoms. The van der Waals surface area contributed by atoms with Crippen LogP contribution in [0.1, 0.15) is 53.6 Å². The first-order valence-corrected chi connectivity index (χ1v) is 8.64. The number of carbonyl (C=O) groups is 1. The summed E-state index contributed by atoms with van der Waals surface area (Å²) in [5.74, 6) is 1.49. The van der Waals surface area contributed by atoms with E-state index in [-0.39, 0.29) is 23.3 Å². The number of likely N-dealkylation sites (tertiary alicyclic amines) is 1. The fourth-order valence-corrected chi connectivity index (χ4v) is 3.82. The van der Waals surface area contributed by atoms with Crippen molar-refractivity contribution in [3.05, 3.63) is 35.8 Å². The lowest BCUT2D eigenvalue weighted by molar-refractivity contribution is 0.0698. The summed E-state index contributed by atoms with van der Waals surface area (Å²) >= 11 is 0. The van der Waals surface area contributed by atoms with Gasteiger partial charge in [0.05, 0.1) is 0 Å². The van der Waals surface area contributed by atoms with Crippen LogP contribution < -0.4 is 5.73 Å². The molecule has 2 aromatic rings. The largest absolute Gasteiger partial charge is 0.382 e. The number of piperidine rings is 1. The molecule has 0 aliphatic carbocycles. The van der Waals surface area contributed by atoms with Gasteiger partial charge in [0.15, 0.2) is 11.5 Å². The van der Waals surface area contributed by atoms with Gasteiger partial charge in [0.25, 0.3) is 5.91 Å². The topological polar surface area (TPSA) is 89.9 Å². The predicted octanol–water partition coefficient (Wildman–Crippen LogP) is 1.61. The first-order valence-electron chi connectivity index (χ1n) is 8.64. The van der Waals surface area contributed by atoms with E-state index in [9.17, 15) is 4.79 Å². The molecule has 1 unspecified atom stereocenters. The number of anilines is 1. The van der Waals surface area contributed by atoms with Crippen molar-refractivity contribution in [2.75, 3.05) is 18.8 Å². The molecule has 4 rings (SSSR count). The van der Waals surface area contributed by atoms with Gasteiger partial charge in [-0.1, -0.05) is 0 Å². The second kappa shape index (κ2) is 6.22. The Kier molecular flexibility index (Phi) is 3.92. The number of carbonyl (C=O) groups excluding carboxylic acids is 1. The molecule has 7 heteroatoms. The number of nitrogens with zero attached hydrogens (tertiary/aromatic N) is 5. The van der Waals surface area contributed by atoms with Gasteiger partial charge in [-0.2, -0.15) is 0 Å². The first kappa shape index (κ1) is 15.1. The second-order valence-corrected chi connectivity index (χ2v) is 6.60. The fourth-order valence-electron chi connectivity index (χ4n) is 3.82. The molecule has 1 saturated heterocycles. The lowest BCUT2D eigenvalue weighted by Gasteiger charge is -2.33. The van der Waals surface area contributed by atoms with Crippen molar-refractivity contribution in [1.29, 1.82) is 0 Å². The summed E-state index contributed by atoms with van der Waals surface area (Å²) in [6.45, 7) is 2.45. The molecule has 1 amide bonds. The van der Waals surface area contributed by atoms with Crippen LogP contribution in [0.5, 0.6) is 0 Å². The van der Waals surface area contributed by atoms with Crippen LogP contribution in [0.15, 0.2) is 18.6 Å². The Balaban J connectivity index is 1.55. The molecule has 2 aromatic heterocycles. The zero-order chi connectivity index (χ0) is 16.5. The van der Waals surface area contributed by atoms with Gasteiger partial charge in [-0.05, 0) is 32.1 Å². The number of fused-ring (bicyclic) bond motifs is 1. The van der Waals surface area contributed by atoms with Crippen LogP contribution in [0, 0.1) is 0 Å². The Morgan fingerprint density at radius 3 is 2.88 bits per heavy atom. The van der Waals surface area contributed by atoms with E-state index in [2.05, 4.69) is 19.5 Å². The molecule has 2 N–H and O–H groups in total. The molecule has 0 spiro atoms. The van der Waals surface area contributed by atoms with E-state index in [0.717, 1.165) is 38.2 Å². The number of aromatic nitrogens is 4. The molecule has 7 nitrogen and oxygen atoms in total. The Hall–Kier alpha value is -2.44. The van der Waals surface area contributed by atoms with Crippen LogP contribution in [0.25, 0.3) is 0 Å². The van der Waals surface area contributed by atoms with Crippen LogP contribution in [0.4, 0.5) is 5.82 Å². The summed E-state index contributed by atoms with van der Waals surface area (Å²) in [6, 6.07) is 0. The number of hydrogen-bond acceptors (Lipinski definition) is 5.